The van der Waals surface area contributed by atoms with Crippen LogP contribution < -0.4 is 4.74 Å². The summed E-state index contributed by atoms with van der Waals surface area (Å²) in [5, 5.41) is 1.77. The lowest BCUT2D eigenvalue weighted by Gasteiger charge is -2.24. The van der Waals surface area contributed by atoms with Gasteiger partial charge in [-0.15, -0.1) is 0 Å². The van der Waals surface area contributed by atoms with Crippen LogP contribution in [0.25, 0.3) is 21.9 Å². The smallest absolute Gasteiger partial charge is 0.349 e. The van der Waals surface area contributed by atoms with E-state index in [1.165, 1.54) is 19.1 Å². The summed E-state index contributed by atoms with van der Waals surface area (Å²) in [6.07, 6.45) is 0. The van der Waals surface area contributed by atoms with Crippen LogP contribution in [0.5, 0.6) is 5.75 Å². The van der Waals surface area contributed by atoms with E-state index in [0.29, 0.717) is 16.7 Å². The summed E-state index contributed by atoms with van der Waals surface area (Å²) in [4.78, 5) is 24.1. The molecule has 150 valence electrons. The Hall–Kier alpha value is -3.21. The van der Waals surface area contributed by atoms with Crippen LogP contribution in [0, 0.1) is 5.82 Å². The largest absolute Gasteiger partial charge is 0.476 e. The normalized spacial score (nSPS) is 11.3. The molecule has 0 radical (unpaired) electrons. The highest BCUT2D eigenvalue weighted by Gasteiger charge is 2.32. The van der Waals surface area contributed by atoms with Gasteiger partial charge < -0.3 is 9.47 Å². The Labute approximate surface area is 169 Å². The summed E-state index contributed by atoms with van der Waals surface area (Å²) < 4.78 is 25.2. The number of benzene rings is 3. The third kappa shape index (κ3) is 4.45. The second kappa shape index (κ2) is 8.03. The van der Waals surface area contributed by atoms with Crippen LogP contribution >= 0.6 is 0 Å². The van der Waals surface area contributed by atoms with Gasteiger partial charge in [-0.2, -0.15) is 0 Å². The van der Waals surface area contributed by atoms with Gasteiger partial charge in [0.25, 0.3) is 0 Å². The van der Waals surface area contributed by atoms with Gasteiger partial charge in [0, 0.05) is 11.6 Å². The van der Waals surface area contributed by atoms with Crippen molar-refractivity contribution in [2.75, 3.05) is 6.61 Å². The Morgan fingerprint density at radius 3 is 2.45 bits per heavy atom. The minimum atomic E-state index is -1.27. The molecule has 3 aromatic carbocycles. The van der Waals surface area contributed by atoms with E-state index in [1.807, 2.05) is 30.3 Å². The molecule has 0 heterocycles. The van der Waals surface area contributed by atoms with Gasteiger partial charge in [0.05, 0.1) is 6.61 Å². The number of carbonyl (C=O) groups is 2. The second-order valence-corrected chi connectivity index (χ2v) is 7.31. The monoisotopic (exact) mass is 394 g/mol. The number of carbonyl (C=O) groups excluding carboxylic acids is 2. The van der Waals surface area contributed by atoms with Crippen LogP contribution in [0.3, 0.4) is 0 Å². The molecule has 0 atom stereocenters. The summed E-state index contributed by atoms with van der Waals surface area (Å²) in [6.45, 7) is 6.57. The first-order valence-corrected chi connectivity index (χ1v) is 9.42. The number of halogens is 1. The van der Waals surface area contributed by atoms with Crippen LogP contribution in [0.2, 0.25) is 0 Å². The van der Waals surface area contributed by atoms with E-state index in [-0.39, 0.29) is 18.1 Å². The van der Waals surface area contributed by atoms with Gasteiger partial charge in [0.15, 0.2) is 11.4 Å². The Morgan fingerprint density at radius 1 is 1.03 bits per heavy atom. The number of ether oxygens (including phenoxy) is 2. The average molecular weight is 394 g/mol. The molecule has 4 nitrogen and oxygen atoms in total. The van der Waals surface area contributed by atoms with Crippen LogP contribution in [-0.2, 0) is 9.53 Å². The van der Waals surface area contributed by atoms with Crippen LogP contribution in [0.4, 0.5) is 4.39 Å². The van der Waals surface area contributed by atoms with Crippen molar-refractivity contribution in [3.05, 3.63) is 66.0 Å². The maximum atomic E-state index is 14.4. The van der Waals surface area contributed by atoms with E-state index in [2.05, 4.69) is 0 Å². The number of Topliss-reactive ketones (excluding diaryl/α,β-unsaturated/α-hetero) is 1. The highest BCUT2D eigenvalue weighted by atomic mass is 19.1. The summed E-state index contributed by atoms with van der Waals surface area (Å²) in [7, 11) is 0. The van der Waals surface area contributed by atoms with E-state index in [4.69, 9.17) is 9.47 Å². The molecule has 3 rings (SSSR count). The molecule has 0 fully saturated rings. The van der Waals surface area contributed by atoms with Gasteiger partial charge >= 0.3 is 5.97 Å². The van der Waals surface area contributed by atoms with Gasteiger partial charge in [-0.05, 0) is 73.9 Å². The molecule has 0 saturated carbocycles. The maximum Gasteiger partial charge on any atom is 0.349 e. The molecule has 0 spiro atoms. The topological polar surface area (TPSA) is 52.6 Å². The lowest BCUT2D eigenvalue weighted by Crippen LogP contribution is -2.39. The quantitative estimate of drug-likeness (QED) is 0.405. The number of fused-ring (bicyclic) bond motifs is 1. The Kier molecular flexibility index (Phi) is 5.69. The zero-order valence-electron chi connectivity index (χ0n) is 16.9. The molecule has 0 aromatic heterocycles. The lowest BCUT2D eigenvalue weighted by molar-refractivity contribution is -0.158. The van der Waals surface area contributed by atoms with Gasteiger partial charge in [0.2, 0.25) is 0 Å². The molecule has 0 aliphatic heterocycles. The molecule has 0 saturated heterocycles. The summed E-state index contributed by atoms with van der Waals surface area (Å²) in [5.74, 6) is -0.909. The molecule has 0 unspecified atom stereocenters. The second-order valence-electron chi connectivity index (χ2n) is 7.31. The Bertz CT molecular complexity index is 1090. The van der Waals surface area contributed by atoms with E-state index in [1.54, 1.807) is 32.9 Å². The van der Waals surface area contributed by atoms with Crippen LogP contribution in [-0.4, -0.2) is 24.0 Å². The first kappa shape index (κ1) is 20.5. The molecule has 0 amide bonds. The van der Waals surface area contributed by atoms with Gasteiger partial charge in [0.1, 0.15) is 11.6 Å². The van der Waals surface area contributed by atoms with Crippen molar-refractivity contribution in [1.29, 1.82) is 0 Å². The van der Waals surface area contributed by atoms with Crippen molar-refractivity contribution in [1.82, 2.24) is 0 Å². The SMILES string of the molecule is CCOC(=O)C(C)(C)Oc1cc(F)cc(-c2cc(C(C)=O)cc3ccccc23)c1. The van der Waals surface area contributed by atoms with Crippen molar-refractivity contribution in [3.63, 3.8) is 0 Å². The van der Waals surface area contributed by atoms with Crippen molar-refractivity contribution in [3.8, 4) is 16.9 Å². The maximum absolute atomic E-state index is 14.4. The fourth-order valence-electron chi connectivity index (χ4n) is 3.17. The van der Waals surface area contributed by atoms with Gasteiger partial charge in [-0.3, -0.25) is 4.79 Å². The Morgan fingerprint density at radius 2 is 1.76 bits per heavy atom. The molecular weight excluding hydrogens is 371 g/mol. The number of esters is 1. The van der Waals surface area contributed by atoms with E-state index in [9.17, 15) is 14.0 Å². The third-order valence-electron chi connectivity index (χ3n) is 4.59. The predicted molar refractivity (Wildman–Crippen MR) is 111 cm³/mol. The number of ketones is 1. The number of rotatable bonds is 6. The van der Waals surface area contributed by atoms with Crippen molar-refractivity contribution >= 4 is 22.5 Å². The van der Waals surface area contributed by atoms with Gasteiger partial charge in [-0.1, -0.05) is 24.3 Å². The van der Waals surface area contributed by atoms with E-state index in [0.717, 1.165) is 10.8 Å². The predicted octanol–water partition coefficient (Wildman–Crippen LogP) is 5.57. The molecule has 0 N–H and O–H groups in total. The minimum Gasteiger partial charge on any atom is -0.476 e. The fraction of sp³-hybridized carbons (Fsp3) is 0.250. The van der Waals surface area contributed by atoms with E-state index >= 15 is 0 Å². The average Bonchev–Trinajstić information content (AvgIpc) is 2.66. The lowest BCUT2D eigenvalue weighted by atomic mass is 9.94. The molecule has 0 bridgehead atoms. The zero-order valence-corrected chi connectivity index (χ0v) is 16.9. The number of hydrogen-bond acceptors (Lipinski definition) is 4. The molecule has 5 heteroatoms. The Balaban J connectivity index is 2.11. The molecule has 0 aliphatic rings. The molecular formula is C24H23FO4. The highest BCUT2D eigenvalue weighted by molar-refractivity contribution is 6.04. The minimum absolute atomic E-state index is 0.0756. The third-order valence-corrected chi connectivity index (χ3v) is 4.59. The highest BCUT2D eigenvalue weighted by Crippen LogP contribution is 2.34. The van der Waals surface area contributed by atoms with Crippen molar-refractivity contribution in [2.24, 2.45) is 0 Å². The van der Waals surface area contributed by atoms with E-state index < -0.39 is 17.4 Å². The zero-order chi connectivity index (χ0) is 21.2. The fourth-order valence-corrected chi connectivity index (χ4v) is 3.17. The molecule has 0 aliphatic carbocycles. The molecule has 3 aromatic rings. The van der Waals surface area contributed by atoms with Crippen molar-refractivity contribution < 1.29 is 23.5 Å². The van der Waals surface area contributed by atoms with Crippen molar-refractivity contribution in [2.45, 2.75) is 33.3 Å². The first-order valence-electron chi connectivity index (χ1n) is 9.42. The van der Waals surface area contributed by atoms with Crippen LogP contribution in [0.15, 0.2) is 54.6 Å². The molecule has 29 heavy (non-hydrogen) atoms. The van der Waals surface area contributed by atoms with Crippen LogP contribution in [0.1, 0.15) is 38.1 Å². The standard InChI is InChI=1S/C24H23FO4/c1-5-28-23(27)24(3,4)29-20-12-18(11-19(25)14-20)22-13-17(15(2)26)10-16-8-6-7-9-21(16)22/h6-14H,5H2,1-4H3. The summed E-state index contributed by atoms with van der Waals surface area (Å²) in [6, 6.07) is 15.4. The summed E-state index contributed by atoms with van der Waals surface area (Å²) >= 11 is 0. The van der Waals surface area contributed by atoms with Gasteiger partial charge in [-0.25, -0.2) is 9.18 Å². The summed E-state index contributed by atoms with van der Waals surface area (Å²) in [5.41, 5.74) is 0.535. The first-order chi connectivity index (χ1) is 13.7. The number of hydrogen-bond donors (Lipinski definition) is 0.